The Morgan fingerprint density at radius 1 is 1.17 bits per heavy atom. The first-order valence-electron chi connectivity index (χ1n) is 9.39. The van der Waals surface area contributed by atoms with E-state index in [1.807, 2.05) is 24.3 Å². The standard InChI is InChI=1S/C22H16F3N3OS/c23-22(24,25)14-5-3-4-13(10-14)20-19-16(15-6-1-2-7-17(15)27-19)8-9-28(20)21(29)18-11-30-12-26-18/h1-7,10-12,20,27H,8-9H2/t20-/m1/s1. The van der Waals surface area contributed by atoms with Crippen LogP contribution in [-0.2, 0) is 12.6 Å². The maximum Gasteiger partial charge on any atom is 0.416 e. The molecular formula is C22H16F3N3OS. The van der Waals surface area contributed by atoms with Gasteiger partial charge in [-0.15, -0.1) is 11.3 Å². The monoisotopic (exact) mass is 427 g/mol. The zero-order valence-electron chi connectivity index (χ0n) is 15.6. The van der Waals surface area contributed by atoms with Crippen LogP contribution in [-0.4, -0.2) is 27.3 Å². The SMILES string of the molecule is O=C(c1cscn1)N1CCc2c([nH]c3ccccc23)[C@H]1c1cccc(C(F)(F)F)c1. The zero-order valence-corrected chi connectivity index (χ0v) is 16.4. The molecule has 0 aliphatic carbocycles. The molecule has 2 aromatic heterocycles. The highest BCUT2D eigenvalue weighted by atomic mass is 32.1. The molecule has 4 nitrogen and oxygen atoms in total. The zero-order chi connectivity index (χ0) is 20.9. The first-order chi connectivity index (χ1) is 14.4. The second-order valence-corrected chi connectivity index (χ2v) is 7.93. The van der Waals surface area contributed by atoms with Gasteiger partial charge in [-0.05, 0) is 35.7 Å². The number of benzene rings is 2. The Morgan fingerprint density at radius 3 is 2.77 bits per heavy atom. The van der Waals surface area contributed by atoms with Gasteiger partial charge in [0, 0.05) is 28.5 Å². The topological polar surface area (TPSA) is 49.0 Å². The number of nitrogens with one attached hydrogen (secondary N) is 1. The van der Waals surface area contributed by atoms with Gasteiger partial charge in [0.15, 0.2) is 0 Å². The Bertz CT molecular complexity index is 1230. The van der Waals surface area contributed by atoms with Gasteiger partial charge in [0.1, 0.15) is 5.69 Å². The van der Waals surface area contributed by atoms with E-state index in [1.54, 1.807) is 21.9 Å². The number of halogens is 3. The molecule has 1 amide bonds. The molecule has 0 unspecified atom stereocenters. The molecular weight excluding hydrogens is 411 g/mol. The van der Waals surface area contributed by atoms with E-state index < -0.39 is 17.8 Å². The molecule has 1 aliphatic rings. The summed E-state index contributed by atoms with van der Waals surface area (Å²) in [5.74, 6) is -0.289. The molecule has 0 spiro atoms. The summed E-state index contributed by atoms with van der Waals surface area (Å²) < 4.78 is 40.1. The molecule has 0 saturated heterocycles. The minimum absolute atomic E-state index is 0.289. The number of aromatic amines is 1. The van der Waals surface area contributed by atoms with Gasteiger partial charge in [-0.2, -0.15) is 13.2 Å². The van der Waals surface area contributed by atoms with Gasteiger partial charge in [-0.25, -0.2) is 4.98 Å². The third kappa shape index (κ3) is 3.08. The summed E-state index contributed by atoms with van der Waals surface area (Å²) in [6.45, 7) is 0.395. The number of para-hydroxylation sites is 1. The molecule has 0 bridgehead atoms. The molecule has 0 radical (unpaired) electrons. The van der Waals surface area contributed by atoms with Crippen molar-refractivity contribution in [3.05, 3.63) is 87.5 Å². The molecule has 1 aliphatic heterocycles. The Labute approximate surface area is 174 Å². The van der Waals surface area contributed by atoms with Crippen molar-refractivity contribution in [2.45, 2.75) is 18.6 Å². The number of aromatic nitrogens is 2. The smallest absolute Gasteiger partial charge is 0.356 e. The first-order valence-corrected chi connectivity index (χ1v) is 10.3. The quantitative estimate of drug-likeness (QED) is 0.464. The average molecular weight is 427 g/mol. The van der Waals surface area contributed by atoms with Crippen LogP contribution >= 0.6 is 11.3 Å². The van der Waals surface area contributed by atoms with Crippen LogP contribution in [0, 0.1) is 0 Å². The fourth-order valence-corrected chi connectivity index (χ4v) is 4.68. The van der Waals surface area contributed by atoms with E-state index in [0.717, 1.165) is 34.3 Å². The van der Waals surface area contributed by atoms with Gasteiger partial charge in [0.05, 0.1) is 17.1 Å². The van der Waals surface area contributed by atoms with E-state index in [1.165, 1.54) is 17.4 Å². The van der Waals surface area contributed by atoms with Crippen molar-refractivity contribution in [3.63, 3.8) is 0 Å². The highest BCUT2D eigenvalue weighted by Crippen LogP contribution is 2.40. The van der Waals surface area contributed by atoms with E-state index in [2.05, 4.69) is 9.97 Å². The molecule has 1 atom stereocenters. The van der Waals surface area contributed by atoms with E-state index >= 15 is 0 Å². The van der Waals surface area contributed by atoms with Crippen LogP contribution in [0.3, 0.4) is 0 Å². The van der Waals surface area contributed by atoms with Gasteiger partial charge < -0.3 is 9.88 Å². The molecule has 5 rings (SSSR count). The number of carbonyl (C=O) groups excluding carboxylic acids is 1. The normalized spacial score (nSPS) is 16.6. The highest BCUT2D eigenvalue weighted by Gasteiger charge is 2.37. The average Bonchev–Trinajstić information content (AvgIpc) is 3.40. The number of hydrogen-bond acceptors (Lipinski definition) is 3. The fourth-order valence-electron chi connectivity index (χ4n) is 4.16. The lowest BCUT2D eigenvalue weighted by atomic mass is 9.91. The molecule has 152 valence electrons. The molecule has 0 fully saturated rings. The number of alkyl halides is 3. The van der Waals surface area contributed by atoms with Crippen molar-refractivity contribution in [3.8, 4) is 0 Å². The van der Waals surface area contributed by atoms with Crippen molar-refractivity contribution < 1.29 is 18.0 Å². The molecule has 3 heterocycles. The maximum absolute atomic E-state index is 13.4. The lowest BCUT2D eigenvalue weighted by Gasteiger charge is -2.36. The lowest BCUT2D eigenvalue weighted by molar-refractivity contribution is -0.137. The number of nitrogens with zero attached hydrogens (tertiary/aromatic N) is 2. The second kappa shape index (κ2) is 6.98. The van der Waals surface area contributed by atoms with Crippen molar-refractivity contribution in [2.24, 2.45) is 0 Å². The van der Waals surface area contributed by atoms with E-state index in [-0.39, 0.29) is 5.91 Å². The minimum Gasteiger partial charge on any atom is -0.356 e. The highest BCUT2D eigenvalue weighted by molar-refractivity contribution is 7.07. The maximum atomic E-state index is 13.4. The van der Waals surface area contributed by atoms with Gasteiger partial charge in [-0.3, -0.25) is 4.79 Å². The van der Waals surface area contributed by atoms with Crippen LogP contribution in [0.25, 0.3) is 10.9 Å². The van der Waals surface area contributed by atoms with Crippen molar-refractivity contribution in [1.82, 2.24) is 14.9 Å². The summed E-state index contributed by atoms with van der Waals surface area (Å²) in [5.41, 5.74) is 4.26. The molecule has 8 heteroatoms. The van der Waals surface area contributed by atoms with Crippen LogP contribution in [0.2, 0.25) is 0 Å². The van der Waals surface area contributed by atoms with E-state index in [9.17, 15) is 18.0 Å². The van der Waals surface area contributed by atoms with E-state index in [4.69, 9.17) is 0 Å². The van der Waals surface area contributed by atoms with Gasteiger partial charge >= 0.3 is 6.18 Å². The number of fused-ring (bicyclic) bond motifs is 3. The Kier molecular flexibility index (Phi) is 4.39. The molecule has 1 N–H and O–H groups in total. The van der Waals surface area contributed by atoms with Crippen LogP contribution in [0.5, 0.6) is 0 Å². The predicted molar refractivity (Wildman–Crippen MR) is 108 cm³/mol. The van der Waals surface area contributed by atoms with Gasteiger partial charge in [0.25, 0.3) is 5.91 Å². The summed E-state index contributed by atoms with van der Waals surface area (Å²) in [4.78, 5) is 22.3. The predicted octanol–water partition coefficient (Wildman–Crippen LogP) is 5.43. The largest absolute Gasteiger partial charge is 0.416 e. The Hall–Kier alpha value is -3.13. The van der Waals surface area contributed by atoms with Crippen molar-refractivity contribution >= 4 is 28.1 Å². The number of amides is 1. The third-order valence-corrected chi connectivity index (χ3v) is 6.06. The summed E-state index contributed by atoms with van der Waals surface area (Å²) in [5, 5.41) is 2.69. The number of H-pyrrole nitrogens is 1. The van der Waals surface area contributed by atoms with Crippen molar-refractivity contribution in [2.75, 3.05) is 6.54 Å². The van der Waals surface area contributed by atoms with Gasteiger partial charge in [-0.1, -0.05) is 30.3 Å². The Balaban J connectivity index is 1.69. The van der Waals surface area contributed by atoms with Crippen LogP contribution in [0.4, 0.5) is 13.2 Å². The summed E-state index contributed by atoms with van der Waals surface area (Å²) in [6.07, 6.45) is -3.84. The number of hydrogen-bond donors (Lipinski definition) is 1. The molecule has 2 aromatic carbocycles. The summed E-state index contributed by atoms with van der Waals surface area (Å²) in [7, 11) is 0. The number of carbonyl (C=O) groups is 1. The van der Waals surface area contributed by atoms with Crippen LogP contribution in [0.1, 0.15) is 38.9 Å². The fraction of sp³-hybridized carbons (Fsp3) is 0.182. The second-order valence-electron chi connectivity index (χ2n) is 7.21. The summed E-state index contributed by atoms with van der Waals surface area (Å²) in [6, 6.07) is 12.3. The van der Waals surface area contributed by atoms with Crippen LogP contribution < -0.4 is 0 Å². The first kappa shape index (κ1) is 18.9. The van der Waals surface area contributed by atoms with Crippen molar-refractivity contribution in [1.29, 1.82) is 0 Å². The lowest BCUT2D eigenvalue weighted by Crippen LogP contribution is -2.40. The van der Waals surface area contributed by atoms with Crippen LogP contribution in [0.15, 0.2) is 59.4 Å². The molecule has 4 aromatic rings. The molecule has 30 heavy (non-hydrogen) atoms. The summed E-state index contributed by atoms with van der Waals surface area (Å²) >= 11 is 1.31. The Morgan fingerprint density at radius 2 is 2.00 bits per heavy atom. The molecule has 0 saturated carbocycles. The number of rotatable bonds is 2. The third-order valence-electron chi connectivity index (χ3n) is 5.48. The van der Waals surface area contributed by atoms with Gasteiger partial charge in [0.2, 0.25) is 0 Å². The number of thiazole rings is 1. The minimum atomic E-state index is -4.46. The van der Waals surface area contributed by atoms with E-state index in [0.29, 0.717) is 24.2 Å².